The van der Waals surface area contributed by atoms with Gasteiger partial charge in [0.05, 0.1) is 0 Å². The number of carbonyl (C=O) groups is 2. The van der Waals surface area contributed by atoms with Gasteiger partial charge in [0, 0.05) is 24.7 Å². The minimum Gasteiger partial charge on any atom is -0.480 e. The predicted octanol–water partition coefficient (Wildman–Crippen LogP) is 0.584. The van der Waals surface area contributed by atoms with Crippen molar-refractivity contribution in [2.45, 2.75) is 31.4 Å². The van der Waals surface area contributed by atoms with Crippen LogP contribution in [0.1, 0.15) is 19.8 Å². The quantitative estimate of drug-likeness (QED) is 0.786. The van der Waals surface area contributed by atoms with Crippen molar-refractivity contribution in [1.29, 1.82) is 0 Å². The highest BCUT2D eigenvalue weighted by atomic mass is 32.2. The Balaban J connectivity index is 2.13. The van der Waals surface area contributed by atoms with E-state index in [1.807, 2.05) is 0 Å². The van der Waals surface area contributed by atoms with Crippen LogP contribution in [0, 0.1) is 0 Å². The molecule has 17 heavy (non-hydrogen) atoms. The zero-order chi connectivity index (χ0) is 12.5. The Morgan fingerprint density at radius 2 is 2.29 bits per heavy atom. The molecule has 0 aromatic heterocycles. The number of aliphatic carboxylic acids is 1. The highest BCUT2D eigenvalue weighted by Crippen LogP contribution is 2.29. The number of carbonyl (C=O) groups excluding carboxylic acids is 1. The Morgan fingerprint density at radius 1 is 1.53 bits per heavy atom. The Labute approximate surface area is 104 Å². The van der Waals surface area contributed by atoms with E-state index in [2.05, 4.69) is 0 Å². The van der Waals surface area contributed by atoms with Crippen molar-refractivity contribution in [2.24, 2.45) is 0 Å². The van der Waals surface area contributed by atoms with Gasteiger partial charge in [-0.2, -0.15) is 11.8 Å². The number of hydrogen-bond donors (Lipinski definition) is 1. The van der Waals surface area contributed by atoms with E-state index in [0.29, 0.717) is 25.3 Å². The number of amides is 1. The molecule has 2 rings (SSSR count). The Kier molecular flexibility index (Phi) is 3.63. The molecule has 0 aromatic carbocycles. The van der Waals surface area contributed by atoms with Crippen LogP contribution in [0.4, 0.5) is 0 Å². The van der Waals surface area contributed by atoms with Crippen LogP contribution in [-0.4, -0.2) is 58.2 Å². The Bertz CT molecular complexity index is 327. The van der Waals surface area contributed by atoms with Gasteiger partial charge in [0.1, 0.15) is 11.6 Å². The van der Waals surface area contributed by atoms with Crippen LogP contribution in [0.15, 0.2) is 0 Å². The van der Waals surface area contributed by atoms with Gasteiger partial charge in [0.2, 0.25) is 0 Å². The molecule has 0 saturated carbocycles. The standard InChI is InChI=1S/C11H17NO4S/c1-11(3-2-5-16-11)10(15)12-4-6-17-7-8(12)9(13)14/h8H,2-7H2,1H3,(H,13,14). The first-order valence-corrected chi connectivity index (χ1v) is 6.96. The highest BCUT2D eigenvalue weighted by Gasteiger charge is 2.44. The largest absolute Gasteiger partial charge is 0.480 e. The first-order valence-electron chi connectivity index (χ1n) is 5.80. The fourth-order valence-corrected chi connectivity index (χ4v) is 3.34. The van der Waals surface area contributed by atoms with Gasteiger partial charge in [-0.05, 0) is 19.8 Å². The van der Waals surface area contributed by atoms with Gasteiger partial charge in [0.25, 0.3) is 5.91 Å². The molecule has 2 heterocycles. The third-order valence-corrected chi connectivity index (χ3v) is 4.37. The molecule has 5 nitrogen and oxygen atoms in total. The smallest absolute Gasteiger partial charge is 0.327 e. The molecule has 2 saturated heterocycles. The topological polar surface area (TPSA) is 66.8 Å². The molecule has 2 unspecified atom stereocenters. The minimum absolute atomic E-state index is 0.164. The maximum atomic E-state index is 12.4. The lowest BCUT2D eigenvalue weighted by atomic mass is 10.00. The summed E-state index contributed by atoms with van der Waals surface area (Å²) in [5.41, 5.74) is -0.810. The van der Waals surface area contributed by atoms with Crippen LogP contribution in [0.3, 0.4) is 0 Å². The van der Waals surface area contributed by atoms with Gasteiger partial charge in [-0.1, -0.05) is 0 Å². The van der Waals surface area contributed by atoms with E-state index in [4.69, 9.17) is 9.84 Å². The second kappa shape index (κ2) is 4.86. The SMILES string of the molecule is CC1(C(=O)N2CCSCC2C(=O)O)CCCO1. The third-order valence-electron chi connectivity index (χ3n) is 3.35. The van der Waals surface area contributed by atoms with E-state index in [9.17, 15) is 9.59 Å². The van der Waals surface area contributed by atoms with E-state index in [1.54, 1.807) is 18.7 Å². The van der Waals surface area contributed by atoms with E-state index < -0.39 is 17.6 Å². The summed E-state index contributed by atoms with van der Waals surface area (Å²) in [6, 6.07) is -0.706. The fraction of sp³-hybridized carbons (Fsp3) is 0.818. The molecule has 6 heteroatoms. The first-order chi connectivity index (χ1) is 8.04. The number of nitrogens with zero attached hydrogens (tertiary/aromatic N) is 1. The number of hydrogen-bond acceptors (Lipinski definition) is 4. The minimum atomic E-state index is -0.924. The zero-order valence-electron chi connectivity index (χ0n) is 9.85. The number of ether oxygens (including phenoxy) is 1. The van der Waals surface area contributed by atoms with Crippen molar-refractivity contribution in [3.8, 4) is 0 Å². The highest BCUT2D eigenvalue weighted by molar-refractivity contribution is 7.99. The second-order valence-electron chi connectivity index (χ2n) is 4.61. The summed E-state index contributed by atoms with van der Waals surface area (Å²) in [5.74, 6) is 0.179. The van der Waals surface area contributed by atoms with Crippen molar-refractivity contribution in [2.75, 3.05) is 24.7 Å². The van der Waals surface area contributed by atoms with Gasteiger partial charge in [-0.15, -0.1) is 0 Å². The van der Waals surface area contributed by atoms with Crippen molar-refractivity contribution in [3.05, 3.63) is 0 Å². The molecule has 2 atom stereocenters. The molecule has 0 spiro atoms. The first kappa shape index (κ1) is 12.7. The van der Waals surface area contributed by atoms with Crippen molar-refractivity contribution in [3.63, 3.8) is 0 Å². The van der Waals surface area contributed by atoms with Crippen molar-refractivity contribution in [1.82, 2.24) is 4.90 Å². The van der Waals surface area contributed by atoms with E-state index >= 15 is 0 Å². The third kappa shape index (κ3) is 2.42. The van der Waals surface area contributed by atoms with Crippen LogP contribution >= 0.6 is 11.8 Å². The van der Waals surface area contributed by atoms with Gasteiger partial charge < -0.3 is 14.7 Å². The predicted molar refractivity (Wildman–Crippen MR) is 64.1 cm³/mol. The Hall–Kier alpha value is -0.750. The summed E-state index contributed by atoms with van der Waals surface area (Å²) in [5, 5.41) is 9.14. The van der Waals surface area contributed by atoms with Crippen LogP contribution in [0.2, 0.25) is 0 Å². The summed E-state index contributed by atoms with van der Waals surface area (Å²) < 4.78 is 5.49. The summed E-state index contributed by atoms with van der Waals surface area (Å²) in [6.07, 6.45) is 1.55. The summed E-state index contributed by atoms with van der Waals surface area (Å²) in [4.78, 5) is 25.0. The molecule has 0 aromatic rings. The van der Waals surface area contributed by atoms with Crippen LogP contribution in [0.5, 0.6) is 0 Å². The van der Waals surface area contributed by atoms with Gasteiger partial charge in [-0.25, -0.2) is 4.79 Å². The maximum Gasteiger partial charge on any atom is 0.327 e. The molecule has 2 aliphatic rings. The summed E-state index contributed by atoms with van der Waals surface area (Å²) >= 11 is 1.58. The number of thioether (sulfide) groups is 1. The average molecular weight is 259 g/mol. The summed E-state index contributed by atoms with van der Waals surface area (Å²) in [7, 11) is 0. The lowest BCUT2D eigenvalue weighted by Crippen LogP contribution is -2.56. The number of rotatable bonds is 2. The lowest BCUT2D eigenvalue weighted by Gasteiger charge is -2.37. The normalized spacial score (nSPS) is 33.7. The monoisotopic (exact) mass is 259 g/mol. The van der Waals surface area contributed by atoms with Crippen molar-refractivity contribution >= 4 is 23.6 Å². The van der Waals surface area contributed by atoms with Gasteiger partial charge >= 0.3 is 5.97 Å². The van der Waals surface area contributed by atoms with Crippen LogP contribution in [-0.2, 0) is 14.3 Å². The van der Waals surface area contributed by atoms with Crippen molar-refractivity contribution < 1.29 is 19.4 Å². The molecule has 96 valence electrons. The molecular weight excluding hydrogens is 242 g/mol. The van der Waals surface area contributed by atoms with E-state index in [-0.39, 0.29) is 5.91 Å². The fourth-order valence-electron chi connectivity index (χ4n) is 2.30. The van der Waals surface area contributed by atoms with E-state index in [1.165, 1.54) is 4.90 Å². The van der Waals surface area contributed by atoms with Crippen LogP contribution in [0.25, 0.3) is 0 Å². The molecule has 0 radical (unpaired) electrons. The number of carboxylic acid groups (broad SMARTS) is 1. The number of carboxylic acids is 1. The molecule has 2 fully saturated rings. The molecule has 1 N–H and O–H groups in total. The summed E-state index contributed by atoms with van der Waals surface area (Å²) in [6.45, 7) is 2.85. The van der Waals surface area contributed by atoms with Gasteiger partial charge in [-0.3, -0.25) is 4.79 Å². The second-order valence-corrected chi connectivity index (χ2v) is 5.76. The average Bonchev–Trinajstić information content (AvgIpc) is 2.76. The molecule has 0 bridgehead atoms. The lowest BCUT2D eigenvalue weighted by molar-refractivity contribution is -0.160. The molecule has 1 amide bonds. The molecule has 2 aliphatic heterocycles. The zero-order valence-corrected chi connectivity index (χ0v) is 10.7. The Morgan fingerprint density at radius 3 is 2.88 bits per heavy atom. The van der Waals surface area contributed by atoms with Gasteiger partial charge in [0.15, 0.2) is 0 Å². The molecule has 0 aliphatic carbocycles. The van der Waals surface area contributed by atoms with Crippen LogP contribution < -0.4 is 0 Å². The van der Waals surface area contributed by atoms with E-state index in [0.717, 1.165) is 12.2 Å². The molecular formula is C11H17NO4S. The maximum absolute atomic E-state index is 12.4.